The van der Waals surface area contributed by atoms with Crippen LogP contribution in [0.2, 0.25) is 0 Å². The van der Waals surface area contributed by atoms with Gasteiger partial charge in [-0.15, -0.1) is 11.3 Å². The van der Waals surface area contributed by atoms with E-state index in [-0.39, 0.29) is 4.21 Å². The number of fused-ring (bicyclic) bond motifs is 3. The standard InChI is InChI=1S/C28H20N4O4S2/c1-36-28(33)18-8-6-17(7-9-18)22-16-30-27-26(25(22)19-4-2-12-29-15-19)21-14-20(10-11-23(21)31-27)32-38(34,35)24-5-3-13-37-24/h2-16,32H,1H3,(H,30,31). The van der Waals surface area contributed by atoms with E-state index in [0.717, 1.165) is 49.9 Å². The van der Waals surface area contributed by atoms with Crippen LogP contribution in [0.1, 0.15) is 10.4 Å². The molecule has 0 aliphatic heterocycles. The first-order valence-corrected chi connectivity index (χ1v) is 13.9. The molecular formula is C28H20N4O4S2. The van der Waals surface area contributed by atoms with Gasteiger partial charge in [0.2, 0.25) is 0 Å². The second-order valence-electron chi connectivity index (χ2n) is 8.50. The number of nitrogens with one attached hydrogen (secondary N) is 2. The zero-order chi connectivity index (χ0) is 26.3. The molecular weight excluding hydrogens is 520 g/mol. The molecule has 8 nitrogen and oxygen atoms in total. The number of pyridine rings is 2. The predicted octanol–water partition coefficient (Wildman–Crippen LogP) is 6.09. The van der Waals surface area contributed by atoms with Crippen molar-refractivity contribution in [2.75, 3.05) is 11.8 Å². The second-order valence-corrected chi connectivity index (χ2v) is 11.4. The summed E-state index contributed by atoms with van der Waals surface area (Å²) in [4.78, 5) is 24.3. The van der Waals surface area contributed by atoms with Crippen molar-refractivity contribution in [3.63, 3.8) is 0 Å². The molecule has 0 aliphatic rings. The van der Waals surface area contributed by atoms with Gasteiger partial charge in [0, 0.05) is 57.3 Å². The number of anilines is 1. The Bertz CT molecular complexity index is 1900. The number of methoxy groups -OCH3 is 1. The predicted molar refractivity (Wildman–Crippen MR) is 149 cm³/mol. The van der Waals surface area contributed by atoms with Gasteiger partial charge in [0.15, 0.2) is 0 Å². The average Bonchev–Trinajstić information content (AvgIpc) is 3.62. The number of benzene rings is 2. The minimum atomic E-state index is -3.71. The highest BCUT2D eigenvalue weighted by Gasteiger charge is 2.20. The Morgan fingerprint density at radius 2 is 1.84 bits per heavy atom. The van der Waals surface area contributed by atoms with Gasteiger partial charge >= 0.3 is 5.97 Å². The van der Waals surface area contributed by atoms with Crippen molar-refractivity contribution in [1.29, 1.82) is 0 Å². The van der Waals surface area contributed by atoms with Crippen LogP contribution < -0.4 is 4.72 Å². The summed E-state index contributed by atoms with van der Waals surface area (Å²) in [5, 5.41) is 3.37. The highest BCUT2D eigenvalue weighted by atomic mass is 32.2. The molecule has 4 aromatic heterocycles. The fraction of sp³-hybridized carbons (Fsp3) is 0.0357. The van der Waals surface area contributed by atoms with Crippen LogP contribution in [0, 0.1) is 0 Å². The molecule has 0 unspecified atom stereocenters. The Balaban J connectivity index is 1.56. The van der Waals surface area contributed by atoms with Crippen LogP contribution in [0.15, 0.2) is 94.9 Å². The summed E-state index contributed by atoms with van der Waals surface area (Å²) in [5.74, 6) is -0.410. The smallest absolute Gasteiger partial charge is 0.337 e. The van der Waals surface area contributed by atoms with Crippen LogP contribution in [0.25, 0.3) is 44.2 Å². The van der Waals surface area contributed by atoms with Crippen LogP contribution in [0.5, 0.6) is 0 Å². The number of hydrogen-bond donors (Lipinski definition) is 2. The number of ether oxygens (including phenoxy) is 1. The number of thiophene rings is 1. The minimum absolute atomic E-state index is 0.243. The topological polar surface area (TPSA) is 114 Å². The molecule has 188 valence electrons. The van der Waals surface area contributed by atoms with Crippen LogP contribution in [-0.4, -0.2) is 36.4 Å². The van der Waals surface area contributed by atoms with Crippen molar-refractivity contribution < 1.29 is 17.9 Å². The fourth-order valence-corrected chi connectivity index (χ4v) is 6.52. The van der Waals surface area contributed by atoms with Crippen LogP contribution in [-0.2, 0) is 14.8 Å². The molecule has 6 aromatic rings. The average molecular weight is 541 g/mol. The molecule has 0 amide bonds. The summed E-state index contributed by atoms with van der Waals surface area (Å²) in [6.45, 7) is 0. The number of carbonyl (C=O) groups excluding carboxylic acids is 1. The molecule has 0 saturated carbocycles. The Morgan fingerprint density at radius 3 is 2.55 bits per heavy atom. The number of nitrogens with zero attached hydrogens (tertiary/aromatic N) is 2. The quantitative estimate of drug-likeness (QED) is 0.247. The number of esters is 1. The second kappa shape index (κ2) is 9.40. The summed E-state index contributed by atoms with van der Waals surface area (Å²) in [5.41, 5.74) is 5.82. The summed E-state index contributed by atoms with van der Waals surface area (Å²) < 4.78 is 33.5. The number of sulfonamides is 1. The van der Waals surface area contributed by atoms with Gasteiger partial charge in [-0.05, 0) is 53.4 Å². The van der Waals surface area contributed by atoms with E-state index in [1.54, 1.807) is 54.3 Å². The van der Waals surface area contributed by atoms with Crippen molar-refractivity contribution in [1.82, 2.24) is 15.0 Å². The molecule has 6 rings (SSSR count). The van der Waals surface area contributed by atoms with Gasteiger partial charge in [-0.1, -0.05) is 24.3 Å². The molecule has 10 heteroatoms. The number of rotatable bonds is 6. The van der Waals surface area contributed by atoms with E-state index >= 15 is 0 Å². The van der Waals surface area contributed by atoms with E-state index in [1.807, 2.05) is 36.4 Å². The van der Waals surface area contributed by atoms with Crippen molar-refractivity contribution in [2.24, 2.45) is 0 Å². The highest BCUT2D eigenvalue weighted by Crippen LogP contribution is 2.41. The van der Waals surface area contributed by atoms with E-state index in [0.29, 0.717) is 16.9 Å². The first-order valence-electron chi connectivity index (χ1n) is 11.5. The van der Waals surface area contributed by atoms with E-state index < -0.39 is 16.0 Å². The summed E-state index contributed by atoms with van der Waals surface area (Å²) >= 11 is 1.16. The van der Waals surface area contributed by atoms with Gasteiger partial charge in [-0.2, -0.15) is 0 Å². The zero-order valence-corrected chi connectivity index (χ0v) is 21.6. The van der Waals surface area contributed by atoms with Gasteiger partial charge in [0.05, 0.1) is 12.7 Å². The molecule has 0 bridgehead atoms. The number of hydrogen-bond acceptors (Lipinski definition) is 7. The Labute approximate surface area is 222 Å². The lowest BCUT2D eigenvalue weighted by Crippen LogP contribution is -2.11. The lowest BCUT2D eigenvalue weighted by atomic mass is 9.93. The van der Waals surface area contributed by atoms with Gasteiger partial charge in [-0.25, -0.2) is 18.2 Å². The molecule has 38 heavy (non-hydrogen) atoms. The maximum Gasteiger partial charge on any atom is 0.337 e. The Kier molecular flexibility index (Phi) is 5.90. The zero-order valence-electron chi connectivity index (χ0n) is 20.0. The summed E-state index contributed by atoms with van der Waals surface area (Å²) in [7, 11) is -2.36. The van der Waals surface area contributed by atoms with Crippen molar-refractivity contribution in [3.8, 4) is 22.3 Å². The summed E-state index contributed by atoms with van der Waals surface area (Å²) in [6.07, 6.45) is 5.27. The number of aromatic amines is 1. The van der Waals surface area contributed by atoms with Crippen molar-refractivity contribution in [3.05, 3.63) is 96.3 Å². The molecule has 0 aliphatic carbocycles. The third-order valence-corrected chi connectivity index (χ3v) is 8.98. The maximum atomic E-state index is 12.9. The monoisotopic (exact) mass is 540 g/mol. The number of carbonyl (C=O) groups is 1. The van der Waals surface area contributed by atoms with Gasteiger partial charge in [0.25, 0.3) is 10.0 Å². The maximum absolute atomic E-state index is 12.9. The summed E-state index contributed by atoms with van der Waals surface area (Å²) in [6, 6.07) is 19.6. The van der Waals surface area contributed by atoms with Gasteiger partial charge in [-0.3, -0.25) is 9.71 Å². The van der Waals surface area contributed by atoms with Gasteiger partial charge in [0.1, 0.15) is 9.86 Å². The first kappa shape index (κ1) is 23.8. The Morgan fingerprint density at radius 1 is 1.00 bits per heavy atom. The van der Waals surface area contributed by atoms with Gasteiger partial charge < -0.3 is 9.72 Å². The lowest BCUT2D eigenvalue weighted by Gasteiger charge is -2.12. The lowest BCUT2D eigenvalue weighted by molar-refractivity contribution is 0.0600. The minimum Gasteiger partial charge on any atom is -0.465 e. The van der Waals surface area contributed by atoms with E-state index in [2.05, 4.69) is 14.7 Å². The molecule has 0 spiro atoms. The highest BCUT2D eigenvalue weighted by molar-refractivity contribution is 7.94. The molecule has 2 aromatic carbocycles. The Hall–Kier alpha value is -4.54. The fourth-order valence-electron chi connectivity index (χ4n) is 4.47. The number of H-pyrrole nitrogens is 1. The van der Waals surface area contributed by atoms with Crippen LogP contribution in [0.3, 0.4) is 0 Å². The molecule has 0 radical (unpaired) electrons. The molecule has 0 saturated heterocycles. The third kappa shape index (κ3) is 4.19. The van der Waals surface area contributed by atoms with Crippen molar-refractivity contribution in [2.45, 2.75) is 4.21 Å². The van der Waals surface area contributed by atoms with E-state index in [9.17, 15) is 13.2 Å². The third-order valence-electron chi connectivity index (χ3n) is 6.20. The molecule has 0 atom stereocenters. The first-order chi connectivity index (χ1) is 18.4. The molecule has 2 N–H and O–H groups in total. The normalized spacial score (nSPS) is 11.6. The van der Waals surface area contributed by atoms with Crippen molar-refractivity contribution >= 4 is 55.0 Å². The molecule has 0 fully saturated rings. The SMILES string of the molecule is COC(=O)c1ccc(-c2cnc3[nH]c4ccc(NS(=O)(=O)c5cccs5)cc4c3c2-c2cccnc2)cc1. The number of aromatic nitrogens is 3. The van der Waals surface area contributed by atoms with Crippen LogP contribution >= 0.6 is 11.3 Å². The van der Waals surface area contributed by atoms with Crippen LogP contribution in [0.4, 0.5) is 5.69 Å². The largest absolute Gasteiger partial charge is 0.465 e. The van der Waals surface area contributed by atoms with E-state index in [4.69, 9.17) is 9.72 Å². The van der Waals surface area contributed by atoms with E-state index in [1.165, 1.54) is 7.11 Å². The molecule has 4 heterocycles.